The van der Waals surface area contributed by atoms with E-state index in [1.807, 2.05) is 101 Å². The molecule has 25 heavy (non-hydrogen) atoms. The van der Waals surface area contributed by atoms with Crippen LogP contribution in [0.2, 0.25) is 0 Å². The topological polar surface area (TPSA) is 23.6 Å². The van der Waals surface area contributed by atoms with Crippen LogP contribution in [0.1, 0.15) is 18.1 Å². The van der Waals surface area contributed by atoms with E-state index in [0.29, 0.717) is 0 Å². The van der Waals surface area contributed by atoms with Crippen LogP contribution in [-0.4, -0.2) is 34.0 Å². The van der Waals surface area contributed by atoms with E-state index in [2.05, 4.69) is 4.90 Å². The van der Waals surface area contributed by atoms with Gasteiger partial charge in [-0.3, -0.25) is 4.79 Å². The first kappa shape index (κ1) is 18.5. The van der Waals surface area contributed by atoms with Crippen molar-refractivity contribution in [3.8, 4) is 0 Å². The highest BCUT2D eigenvalue weighted by Gasteiger charge is 2.01. The van der Waals surface area contributed by atoms with Crippen molar-refractivity contribution < 1.29 is 4.79 Å². The Morgan fingerprint density at radius 3 is 1.64 bits per heavy atom. The molecule has 0 amide bonds. The summed E-state index contributed by atoms with van der Waals surface area (Å²) in [6, 6.07) is 16.2. The molecule has 0 unspecified atom stereocenters. The molecule has 2 rings (SSSR count). The minimum Gasteiger partial charge on any atom is -0.378 e. The first-order valence-electron chi connectivity index (χ1n) is 8.32. The Balaban J connectivity index is 2.05. The quantitative estimate of drug-likeness (QED) is 0.727. The van der Waals surface area contributed by atoms with Crippen LogP contribution in [0.25, 0.3) is 12.2 Å². The Bertz CT molecular complexity index is 767. The fraction of sp³-hybridized carbons (Fsp3) is 0.227. The molecule has 0 aliphatic heterocycles. The van der Waals surface area contributed by atoms with Gasteiger partial charge >= 0.3 is 0 Å². The number of ketones is 1. The van der Waals surface area contributed by atoms with Gasteiger partial charge < -0.3 is 9.80 Å². The molecule has 130 valence electrons. The summed E-state index contributed by atoms with van der Waals surface area (Å²) >= 11 is 0. The molecule has 0 fully saturated rings. The second-order valence-corrected chi connectivity index (χ2v) is 6.50. The second-order valence-electron chi connectivity index (χ2n) is 6.50. The van der Waals surface area contributed by atoms with E-state index in [9.17, 15) is 4.79 Å². The van der Waals surface area contributed by atoms with Gasteiger partial charge in [-0.05, 0) is 60.0 Å². The summed E-state index contributed by atoms with van der Waals surface area (Å²) in [6.07, 6.45) is 5.40. The zero-order valence-corrected chi connectivity index (χ0v) is 15.7. The summed E-state index contributed by atoms with van der Waals surface area (Å²) in [5.74, 6) is 0.0216. The third-order valence-electron chi connectivity index (χ3n) is 4.02. The lowest BCUT2D eigenvalue weighted by atomic mass is 10.1. The molecular formula is C22H26N2O. The molecule has 0 aromatic heterocycles. The molecule has 0 atom stereocenters. The lowest BCUT2D eigenvalue weighted by Gasteiger charge is -2.12. The van der Waals surface area contributed by atoms with Gasteiger partial charge in [-0.25, -0.2) is 0 Å². The van der Waals surface area contributed by atoms with E-state index in [4.69, 9.17) is 0 Å². The Hall–Kier alpha value is -2.81. The highest BCUT2D eigenvalue weighted by molar-refractivity contribution is 6.08. The van der Waals surface area contributed by atoms with Gasteiger partial charge in [0.15, 0.2) is 5.78 Å². The number of rotatable bonds is 6. The molecule has 0 N–H and O–H groups in total. The number of nitrogens with zero attached hydrogens (tertiary/aromatic N) is 2. The molecule has 0 heterocycles. The number of hydrogen-bond donors (Lipinski definition) is 0. The largest absolute Gasteiger partial charge is 0.378 e. The van der Waals surface area contributed by atoms with Crippen LogP contribution in [0.15, 0.2) is 60.2 Å². The highest BCUT2D eigenvalue weighted by atomic mass is 16.1. The molecule has 0 aliphatic carbocycles. The molecule has 0 radical (unpaired) electrons. The lowest BCUT2D eigenvalue weighted by molar-refractivity contribution is -0.111. The third-order valence-corrected chi connectivity index (χ3v) is 4.02. The van der Waals surface area contributed by atoms with Crippen molar-refractivity contribution in [3.63, 3.8) is 0 Å². The Labute approximate surface area is 150 Å². The van der Waals surface area contributed by atoms with Crippen LogP contribution in [0, 0.1) is 0 Å². The summed E-state index contributed by atoms with van der Waals surface area (Å²) in [6.45, 7) is 1.85. The van der Waals surface area contributed by atoms with Gasteiger partial charge in [0.25, 0.3) is 0 Å². The van der Waals surface area contributed by atoms with Crippen molar-refractivity contribution in [1.29, 1.82) is 0 Å². The van der Waals surface area contributed by atoms with Crippen molar-refractivity contribution in [2.45, 2.75) is 6.92 Å². The Morgan fingerprint density at radius 2 is 1.20 bits per heavy atom. The molecule has 3 nitrogen and oxygen atoms in total. The smallest absolute Gasteiger partial charge is 0.181 e. The number of hydrogen-bond acceptors (Lipinski definition) is 3. The maximum Gasteiger partial charge on any atom is 0.181 e. The molecule has 0 saturated carbocycles. The van der Waals surface area contributed by atoms with Gasteiger partial charge in [0.1, 0.15) is 0 Å². The monoisotopic (exact) mass is 334 g/mol. The third kappa shape index (κ3) is 5.35. The number of benzene rings is 2. The summed E-state index contributed by atoms with van der Waals surface area (Å²) in [5, 5.41) is 0. The second kappa shape index (κ2) is 8.34. The standard InChI is InChI=1S/C22H26N2O/c1-17(16-19-8-13-21(14-9-19)24(4)5)22(25)15-10-18-6-11-20(12-7-18)23(2)3/h6-16H,1-5H3/b15-10+,17-16+. The normalized spacial score (nSPS) is 11.6. The fourth-order valence-electron chi connectivity index (χ4n) is 2.38. The van der Waals surface area contributed by atoms with Gasteiger partial charge in [-0.1, -0.05) is 30.3 Å². The summed E-state index contributed by atoms with van der Waals surface area (Å²) in [4.78, 5) is 16.4. The summed E-state index contributed by atoms with van der Waals surface area (Å²) in [7, 11) is 8.03. The first-order valence-corrected chi connectivity index (χ1v) is 8.32. The van der Waals surface area contributed by atoms with Crippen molar-refractivity contribution in [3.05, 3.63) is 71.3 Å². The van der Waals surface area contributed by atoms with E-state index in [1.54, 1.807) is 6.08 Å². The average molecular weight is 334 g/mol. The van der Waals surface area contributed by atoms with Crippen LogP contribution >= 0.6 is 0 Å². The van der Waals surface area contributed by atoms with Crippen molar-refractivity contribution in [1.82, 2.24) is 0 Å². The molecule has 0 bridgehead atoms. The van der Waals surface area contributed by atoms with Gasteiger partial charge in [-0.2, -0.15) is 0 Å². The van der Waals surface area contributed by atoms with Gasteiger partial charge in [-0.15, -0.1) is 0 Å². The van der Waals surface area contributed by atoms with Crippen LogP contribution in [-0.2, 0) is 4.79 Å². The highest BCUT2D eigenvalue weighted by Crippen LogP contribution is 2.16. The van der Waals surface area contributed by atoms with Crippen molar-refractivity contribution in [2.24, 2.45) is 0 Å². The molecular weight excluding hydrogens is 308 g/mol. The SMILES string of the molecule is C/C(=C\c1ccc(N(C)C)cc1)C(=O)/C=C/c1ccc(N(C)C)cc1. The minimum absolute atomic E-state index is 0.0216. The number of anilines is 2. The van der Waals surface area contributed by atoms with Crippen LogP contribution < -0.4 is 9.80 Å². The van der Waals surface area contributed by atoms with E-state index in [-0.39, 0.29) is 5.78 Å². The van der Waals surface area contributed by atoms with Gasteiger partial charge in [0, 0.05) is 39.6 Å². The van der Waals surface area contributed by atoms with Crippen LogP contribution in [0.3, 0.4) is 0 Å². The predicted molar refractivity (Wildman–Crippen MR) is 109 cm³/mol. The molecule has 0 spiro atoms. The molecule has 2 aromatic carbocycles. The van der Waals surface area contributed by atoms with Crippen LogP contribution in [0.4, 0.5) is 11.4 Å². The number of carbonyl (C=O) groups excluding carboxylic acids is 1. The molecule has 3 heteroatoms. The summed E-state index contributed by atoms with van der Waals surface area (Å²) in [5.41, 5.74) is 5.05. The van der Waals surface area contributed by atoms with Crippen molar-refractivity contribution in [2.75, 3.05) is 38.0 Å². The number of carbonyl (C=O) groups is 1. The molecule has 2 aromatic rings. The minimum atomic E-state index is 0.0216. The lowest BCUT2D eigenvalue weighted by Crippen LogP contribution is -2.08. The van der Waals surface area contributed by atoms with E-state index >= 15 is 0 Å². The maximum absolute atomic E-state index is 12.3. The van der Waals surface area contributed by atoms with E-state index in [0.717, 1.165) is 28.1 Å². The van der Waals surface area contributed by atoms with Gasteiger partial charge in [0.05, 0.1) is 0 Å². The Morgan fingerprint density at radius 1 is 0.760 bits per heavy atom. The molecule has 0 saturated heterocycles. The van der Waals surface area contributed by atoms with E-state index < -0.39 is 0 Å². The zero-order valence-electron chi connectivity index (χ0n) is 15.7. The fourth-order valence-corrected chi connectivity index (χ4v) is 2.38. The Kier molecular flexibility index (Phi) is 6.18. The summed E-state index contributed by atoms with van der Waals surface area (Å²) < 4.78 is 0. The van der Waals surface area contributed by atoms with E-state index in [1.165, 1.54) is 0 Å². The predicted octanol–water partition coefficient (Wildman–Crippen LogP) is 4.50. The van der Waals surface area contributed by atoms with Crippen LogP contribution in [0.5, 0.6) is 0 Å². The molecule has 0 aliphatic rings. The zero-order chi connectivity index (χ0) is 18.4. The maximum atomic E-state index is 12.3. The van der Waals surface area contributed by atoms with Crippen molar-refractivity contribution >= 4 is 29.3 Å². The first-order chi connectivity index (χ1) is 11.9. The number of allylic oxidation sites excluding steroid dienone is 2. The average Bonchev–Trinajstić information content (AvgIpc) is 2.60. The van der Waals surface area contributed by atoms with Gasteiger partial charge in [0.2, 0.25) is 0 Å².